The van der Waals surface area contributed by atoms with Crippen LogP contribution in [0.1, 0.15) is 86.1 Å². The van der Waals surface area contributed by atoms with Gasteiger partial charge in [0.1, 0.15) is 24.2 Å². The molecule has 1 saturated heterocycles. The first-order chi connectivity index (χ1) is 27.8. The van der Waals surface area contributed by atoms with Crippen molar-refractivity contribution in [3.05, 3.63) is 96.2 Å². The van der Waals surface area contributed by atoms with Gasteiger partial charge in [-0.05, 0) is 62.5 Å². The van der Waals surface area contributed by atoms with Crippen LogP contribution in [0.5, 0.6) is 0 Å². The third-order valence-corrected chi connectivity index (χ3v) is 10.0. The lowest BCUT2D eigenvalue weighted by atomic mass is 9.86. The van der Waals surface area contributed by atoms with Gasteiger partial charge < -0.3 is 20.5 Å². The van der Waals surface area contributed by atoms with E-state index in [1.807, 2.05) is 108 Å². The first kappa shape index (κ1) is 49.3. The number of allylic oxidation sites excluding steroid dienone is 7. The summed E-state index contributed by atoms with van der Waals surface area (Å²) in [5.74, 6) is -3.81. The van der Waals surface area contributed by atoms with E-state index in [9.17, 15) is 29.1 Å². The number of amides is 4. The number of hydrogen-bond acceptors (Lipinski definition) is 9. The van der Waals surface area contributed by atoms with Crippen LogP contribution in [0.15, 0.2) is 90.6 Å². The first-order valence-electron chi connectivity index (χ1n) is 20.5. The number of aliphatic hydroxyl groups is 1. The van der Waals surface area contributed by atoms with E-state index >= 15 is 0 Å². The number of cyclic esters (lactones) is 1. The number of nitrogens with one attached hydrogen (secondary N) is 3. The average molecular weight is 806 g/mol. The summed E-state index contributed by atoms with van der Waals surface area (Å²) in [6.45, 7) is 13.4. The van der Waals surface area contributed by atoms with Gasteiger partial charge in [0.15, 0.2) is 0 Å². The van der Waals surface area contributed by atoms with Crippen LogP contribution in [-0.2, 0) is 40.0 Å². The third-order valence-electron chi connectivity index (χ3n) is 10.0. The zero-order valence-electron chi connectivity index (χ0n) is 35.9. The fourth-order valence-electron chi connectivity index (χ4n) is 6.42. The molecule has 4 N–H and O–H groups in total. The predicted octanol–water partition coefficient (Wildman–Crippen LogP) is 5.30. The number of hydrogen-bond donors (Lipinski definition) is 4. The minimum Gasteiger partial charge on any atom is -0.456 e. The number of carbonyl (C=O) groups is 5. The maximum Gasteiger partial charge on any atom is 0.325 e. The van der Waals surface area contributed by atoms with Crippen molar-refractivity contribution in [1.29, 1.82) is 0 Å². The molecule has 2 bridgehead atoms. The van der Waals surface area contributed by atoms with Crippen LogP contribution >= 0.6 is 0 Å². The second kappa shape index (κ2) is 26.2. The van der Waals surface area contributed by atoms with E-state index in [0.717, 1.165) is 10.6 Å². The number of nitrogens with zero attached hydrogens (tertiary/aromatic N) is 2. The molecule has 58 heavy (non-hydrogen) atoms. The van der Waals surface area contributed by atoms with Gasteiger partial charge in [0, 0.05) is 32.5 Å². The molecule has 0 spiro atoms. The summed E-state index contributed by atoms with van der Waals surface area (Å²) in [7, 11) is 2.88. The summed E-state index contributed by atoms with van der Waals surface area (Å²) in [6.07, 6.45) is 16.1. The lowest BCUT2D eigenvalue weighted by molar-refractivity contribution is -0.162. The Kier molecular flexibility index (Phi) is 22.3. The molecule has 2 heterocycles. The maximum absolute atomic E-state index is 14.3. The van der Waals surface area contributed by atoms with E-state index in [4.69, 9.17) is 9.57 Å². The minimum atomic E-state index is -1.03. The summed E-state index contributed by atoms with van der Waals surface area (Å²) in [4.78, 5) is 73.0. The van der Waals surface area contributed by atoms with E-state index in [1.54, 1.807) is 19.1 Å². The number of benzene rings is 1. The van der Waals surface area contributed by atoms with Crippen LogP contribution in [0.4, 0.5) is 0 Å². The lowest BCUT2D eigenvalue weighted by Crippen LogP contribution is -2.62. The molecule has 13 heteroatoms. The van der Waals surface area contributed by atoms with E-state index in [-0.39, 0.29) is 30.6 Å². The number of carbonyl (C=O) groups excluding carboxylic acids is 5. The molecule has 2 aliphatic rings. The van der Waals surface area contributed by atoms with Crippen molar-refractivity contribution in [2.45, 2.75) is 117 Å². The Labute approximate surface area is 345 Å². The van der Waals surface area contributed by atoms with Gasteiger partial charge >= 0.3 is 5.97 Å². The van der Waals surface area contributed by atoms with Gasteiger partial charge in [0.05, 0.1) is 19.1 Å². The van der Waals surface area contributed by atoms with Gasteiger partial charge in [0.2, 0.25) is 11.8 Å². The summed E-state index contributed by atoms with van der Waals surface area (Å²) in [6, 6.07) is 6.42. The van der Waals surface area contributed by atoms with Crippen molar-refractivity contribution in [3.63, 3.8) is 0 Å². The van der Waals surface area contributed by atoms with Crippen molar-refractivity contribution in [2.75, 3.05) is 20.7 Å². The van der Waals surface area contributed by atoms with Gasteiger partial charge in [-0.15, -0.1) is 0 Å². The minimum absolute atomic E-state index is 0.166. The van der Waals surface area contributed by atoms with Gasteiger partial charge in [-0.25, -0.2) is 10.5 Å². The second-order valence-electron chi connectivity index (χ2n) is 14.7. The molecule has 320 valence electrons. The van der Waals surface area contributed by atoms with Crippen LogP contribution in [0.3, 0.4) is 0 Å². The van der Waals surface area contributed by atoms with Gasteiger partial charge in [-0.2, -0.15) is 0 Å². The van der Waals surface area contributed by atoms with Crippen molar-refractivity contribution in [2.24, 2.45) is 17.8 Å². The number of aliphatic hydroxyl groups excluding tert-OH is 1. The van der Waals surface area contributed by atoms with Gasteiger partial charge in [0.25, 0.3) is 11.8 Å². The van der Waals surface area contributed by atoms with Crippen molar-refractivity contribution < 1.29 is 38.7 Å². The molecule has 1 aromatic rings. The maximum atomic E-state index is 14.3. The Balaban J connectivity index is 0.00000571. The lowest BCUT2D eigenvalue weighted by Gasteiger charge is -2.36. The first-order valence-corrected chi connectivity index (χ1v) is 20.5. The number of rotatable bonds is 9. The predicted molar refractivity (Wildman–Crippen MR) is 226 cm³/mol. The number of hydroxylamine groups is 2. The second-order valence-corrected chi connectivity index (χ2v) is 14.7. The summed E-state index contributed by atoms with van der Waals surface area (Å²) in [5, 5.41) is 19.7. The SMILES string of the molecule is C/C=C/C[C@H]1C(=O)NC(C(C)C)C(=O)NC(Cc2ccccc2)C(=O)N2CCCC(N2)C(=O)O[C@H](/C(C)=C/C=C/C(=O)N(C)OC)C/C=C/C=C/CC(C)C1O.CC. The molecule has 0 radical (unpaired) electrons. The van der Waals surface area contributed by atoms with Crippen LogP contribution < -0.4 is 16.1 Å². The Hall–Kier alpha value is -4.85. The highest BCUT2D eigenvalue weighted by molar-refractivity contribution is 5.93. The fraction of sp³-hybridized carbons (Fsp3) is 0.533. The number of ether oxygens (including phenoxy) is 1. The molecule has 2 aliphatic heterocycles. The van der Waals surface area contributed by atoms with Crippen LogP contribution in [0.2, 0.25) is 0 Å². The van der Waals surface area contributed by atoms with Crippen LogP contribution in [0.25, 0.3) is 0 Å². The van der Waals surface area contributed by atoms with Gasteiger partial charge in [-0.3, -0.25) is 33.8 Å². The molecule has 7 atom stereocenters. The highest BCUT2D eigenvalue weighted by Gasteiger charge is 2.37. The molecule has 0 saturated carbocycles. The third kappa shape index (κ3) is 15.8. The zero-order chi connectivity index (χ0) is 43.2. The fourth-order valence-corrected chi connectivity index (χ4v) is 6.42. The van der Waals surface area contributed by atoms with E-state index in [0.29, 0.717) is 37.8 Å². The molecular formula is C45H67N5O8. The number of fused-ring (bicyclic) bond motifs is 2. The van der Waals surface area contributed by atoms with E-state index in [2.05, 4.69) is 16.1 Å². The standard InChI is InChI=1S/C43H61N5O8.C2H6/c1-8-9-23-33-39(50)31(5)19-13-10-11-16-25-36(30(4)20-17-26-37(49)47(6)55-7)56-43(54)34-24-18-27-48(46-34)42(53)35(28-32-21-14-12-15-22-32)44-41(52)38(29(2)3)45-40(33)51;1-2/h8-17,20-22,26,29,31,33-36,38-39,46,50H,18-19,23-25,27-28H2,1-7H3,(H,44,52)(H,45,51);1-2H3/b9-8+,13-10+,16-11+,26-17+,30-20+;/t31?,33-,34?,35?,36+,38?,39?;/m1./s1. The monoisotopic (exact) mass is 805 g/mol. The average Bonchev–Trinajstić information content (AvgIpc) is 3.23. The van der Waals surface area contributed by atoms with E-state index in [1.165, 1.54) is 25.2 Å². The Morgan fingerprint density at radius 1 is 1.05 bits per heavy atom. The molecule has 3 rings (SSSR count). The van der Waals surface area contributed by atoms with Crippen LogP contribution in [0, 0.1) is 17.8 Å². The largest absolute Gasteiger partial charge is 0.456 e. The smallest absolute Gasteiger partial charge is 0.325 e. The Bertz CT molecular complexity index is 1620. The molecule has 1 fully saturated rings. The number of esters is 1. The Morgan fingerprint density at radius 2 is 1.72 bits per heavy atom. The Morgan fingerprint density at radius 3 is 2.36 bits per heavy atom. The number of hydrazine groups is 1. The van der Waals surface area contributed by atoms with E-state index < -0.39 is 59.9 Å². The van der Waals surface area contributed by atoms with Crippen molar-refractivity contribution in [1.82, 2.24) is 26.1 Å². The molecule has 4 amide bonds. The molecule has 5 unspecified atom stereocenters. The molecule has 0 aliphatic carbocycles. The molecular weight excluding hydrogens is 739 g/mol. The van der Waals surface area contributed by atoms with Crippen molar-refractivity contribution >= 4 is 29.6 Å². The zero-order valence-corrected chi connectivity index (χ0v) is 35.9. The summed E-state index contributed by atoms with van der Waals surface area (Å²) < 4.78 is 6.05. The van der Waals surface area contributed by atoms with Crippen LogP contribution in [-0.4, -0.2) is 95.8 Å². The normalized spacial score (nSPS) is 27.1. The summed E-state index contributed by atoms with van der Waals surface area (Å²) >= 11 is 0. The highest BCUT2D eigenvalue weighted by Crippen LogP contribution is 2.23. The topological polar surface area (TPSA) is 167 Å². The molecule has 1 aromatic carbocycles. The molecule has 13 nitrogen and oxygen atoms in total. The number of likely N-dealkylation sites (N-methyl/N-ethyl adjacent to an activating group) is 1. The highest BCUT2D eigenvalue weighted by atomic mass is 16.7. The van der Waals surface area contributed by atoms with Gasteiger partial charge in [-0.1, -0.05) is 114 Å². The summed E-state index contributed by atoms with van der Waals surface area (Å²) in [5.41, 5.74) is 4.55. The van der Waals surface area contributed by atoms with Crippen molar-refractivity contribution in [3.8, 4) is 0 Å². The molecule has 0 aromatic heterocycles. The quantitative estimate of drug-likeness (QED) is 0.0853.